The summed E-state index contributed by atoms with van der Waals surface area (Å²) >= 11 is 0. The van der Waals surface area contributed by atoms with Crippen LogP contribution in [0.5, 0.6) is 0 Å². The maximum atomic E-state index is 8.56. The summed E-state index contributed by atoms with van der Waals surface area (Å²) in [7, 11) is 0. The van der Waals surface area contributed by atoms with Crippen molar-refractivity contribution in [3.63, 3.8) is 0 Å². The van der Waals surface area contributed by atoms with Gasteiger partial charge in [0.05, 0.1) is 0 Å². The van der Waals surface area contributed by atoms with Gasteiger partial charge in [-0.1, -0.05) is 40.5 Å². The molecule has 0 aliphatic rings. The van der Waals surface area contributed by atoms with E-state index in [4.69, 9.17) is 30.0 Å². The molecule has 0 aromatic rings. The molecule has 6 heteroatoms. The molecule has 0 unspecified atom stereocenters. The van der Waals surface area contributed by atoms with Crippen LogP contribution in [0.15, 0.2) is 0 Å². The van der Waals surface area contributed by atoms with Crippen LogP contribution in [0.25, 0.3) is 0 Å². The zero-order valence-electron chi connectivity index (χ0n) is 9.02. The molecular weight excluding hydrogens is 192 g/mol. The average Bonchev–Trinajstić information content (AvgIpc) is 1.85. The van der Waals surface area contributed by atoms with Gasteiger partial charge in [0, 0.05) is 0 Å². The molecule has 0 fully saturated rings. The first-order valence-corrected chi connectivity index (χ1v) is 4.13. The van der Waals surface area contributed by atoms with E-state index in [1.165, 1.54) is 12.8 Å². The second-order valence-electron chi connectivity index (χ2n) is 1.98. The normalized spacial score (nSPS) is 6.00. The van der Waals surface area contributed by atoms with Gasteiger partial charge in [-0.25, -0.2) is 9.59 Å². The van der Waals surface area contributed by atoms with Crippen LogP contribution in [0, 0.1) is 0 Å². The van der Waals surface area contributed by atoms with E-state index in [1.807, 2.05) is 0 Å². The number of carboxylic acid groups (broad SMARTS) is 4. The molecule has 0 aromatic carbocycles. The number of hydrogen-bond donors (Lipinski definition) is 4. The molecule has 6 nitrogen and oxygen atoms in total. The van der Waals surface area contributed by atoms with E-state index in [9.17, 15) is 0 Å². The fraction of sp³-hybridized carbons (Fsp3) is 0.750. The molecule has 88 valence electrons. The molecular formula is C8H20O6. The van der Waals surface area contributed by atoms with E-state index in [-0.39, 0.29) is 0 Å². The first-order chi connectivity index (χ1) is 6.29. The van der Waals surface area contributed by atoms with Crippen molar-refractivity contribution >= 4 is 12.3 Å². The van der Waals surface area contributed by atoms with E-state index < -0.39 is 12.3 Å². The Kier molecular flexibility index (Phi) is 49.0. The van der Waals surface area contributed by atoms with Crippen molar-refractivity contribution in [2.45, 2.75) is 40.5 Å². The summed E-state index contributed by atoms with van der Waals surface area (Å²) in [6.45, 7) is 8.50. The van der Waals surface area contributed by atoms with Crippen molar-refractivity contribution in [2.24, 2.45) is 0 Å². The van der Waals surface area contributed by atoms with Crippen LogP contribution < -0.4 is 0 Å². The fourth-order valence-electron chi connectivity index (χ4n) is 0. The van der Waals surface area contributed by atoms with E-state index in [1.54, 1.807) is 0 Å². The highest BCUT2D eigenvalue weighted by Crippen LogP contribution is 1.56. The smallest absolute Gasteiger partial charge is 0.450 e. The average molecular weight is 212 g/mol. The molecule has 0 rings (SSSR count). The van der Waals surface area contributed by atoms with Crippen molar-refractivity contribution in [1.82, 2.24) is 0 Å². The number of hydrogen-bond acceptors (Lipinski definition) is 2. The van der Waals surface area contributed by atoms with Crippen LogP contribution in [-0.4, -0.2) is 32.7 Å². The molecule has 4 N–H and O–H groups in total. The summed E-state index contributed by atoms with van der Waals surface area (Å²) in [5, 5.41) is 27.9. The van der Waals surface area contributed by atoms with E-state index >= 15 is 0 Å². The Balaban J connectivity index is -0.0000000482. The quantitative estimate of drug-likeness (QED) is 0.489. The molecule has 0 saturated heterocycles. The summed E-state index contributed by atoms with van der Waals surface area (Å²) < 4.78 is 0. The Labute approximate surface area is 83.8 Å². The van der Waals surface area contributed by atoms with Crippen molar-refractivity contribution in [1.29, 1.82) is 0 Å². The van der Waals surface area contributed by atoms with Crippen molar-refractivity contribution in [2.75, 3.05) is 0 Å². The van der Waals surface area contributed by atoms with Crippen molar-refractivity contribution < 1.29 is 30.0 Å². The molecule has 0 spiro atoms. The minimum absolute atomic E-state index is 1.25. The summed E-state index contributed by atoms with van der Waals surface area (Å²) in [5.41, 5.74) is 0. The standard InChI is InChI=1S/2C3H8.2CH2O3/c2*1-3-2;2*2-1(3)4/h2*3H2,1-2H3;2*(H2,2,3,4). The molecule has 0 radical (unpaired) electrons. The van der Waals surface area contributed by atoms with Gasteiger partial charge in [-0.2, -0.15) is 0 Å². The highest BCUT2D eigenvalue weighted by Gasteiger charge is 1.70. The van der Waals surface area contributed by atoms with Gasteiger partial charge in [0.15, 0.2) is 0 Å². The Hall–Kier alpha value is -1.46. The third-order valence-corrected chi connectivity index (χ3v) is 0. The fourth-order valence-corrected chi connectivity index (χ4v) is 0. The van der Waals surface area contributed by atoms with Crippen LogP contribution in [0.3, 0.4) is 0 Å². The van der Waals surface area contributed by atoms with Gasteiger partial charge in [0.25, 0.3) is 0 Å². The molecule has 0 heterocycles. The number of carbonyl (C=O) groups is 2. The van der Waals surface area contributed by atoms with Gasteiger partial charge < -0.3 is 20.4 Å². The van der Waals surface area contributed by atoms with Gasteiger partial charge in [-0.05, 0) is 0 Å². The van der Waals surface area contributed by atoms with Crippen LogP contribution >= 0.6 is 0 Å². The van der Waals surface area contributed by atoms with E-state index in [0.29, 0.717) is 0 Å². The van der Waals surface area contributed by atoms with E-state index in [2.05, 4.69) is 27.7 Å². The van der Waals surface area contributed by atoms with Gasteiger partial charge in [0.2, 0.25) is 0 Å². The zero-order valence-corrected chi connectivity index (χ0v) is 9.02. The van der Waals surface area contributed by atoms with Gasteiger partial charge >= 0.3 is 12.3 Å². The maximum Gasteiger partial charge on any atom is 0.503 e. The van der Waals surface area contributed by atoms with Crippen LogP contribution in [0.4, 0.5) is 9.59 Å². The molecule has 14 heavy (non-hydrogen) atoms. The van der Waals surface area contributed by atoms with Crippen molar-refractivity contribution in [3.8, 4) is 0 Å². The van der Waals surface area contributed by atoms with Gasteiger partial charge in [0.1, 0.15) is 0 Å². The summed E-state index contributed by atoms with van der Waals surface area (Å²) in [4.78, 5) is 17.1. The Morgan fingerprint density at radius 3 is 0.714 bits per heavy atom. The van der Waals surface area contributed by atoms with Gasteiger partial charge in [-0.3, -0.25) is 0 Å². The second kappa shape index (κ2) is 30.0. The maximum absolute atomic E-state index is 8.56. The molecule has 0 saturated carbocycles. The SMILES string of the molecule is CCC.CCC.O=C(O)O.O=C(O)O. The third-order valence-electron chi connectivity index (χ3n) is 0. The largest absolute Gasteiger partial charge is 0.503 e. The molecule has 0 aromatic heterocycles. The number of rotatable bonds is 0. The summed E-state index contributed by atoms with van der Waals surface area (Å²) in [5.74, 6) is 0. The summed E-state index contributed by atoms with van der Waals surface area (Å²) in [6, 6.07) is 0. The molecule has 0 atom stereocenters. The monoisotopic (exact) mass is 212 g/mol. The minimum Gasteiger partial charge on any atom is -0.450 e. The molecule has 0 aliphatic carbocycles. The van der Waals surface area contributed by atoms with Gasteiger partial charge in [-0.15, -0.1) is 0 Å². The lowest BCUT2D eigenvalue weighted by Gasteiger charge is -1.60. The van der Waals surface area contributed by atoms with Crippen LogP contribution in [0.1, 0.15) is 40.5 Å². The highest BCUT2D eigenvalue weighted by atomic mass is 16.6. The van der Waals surface area contributed by atoms with Crippen LogP contribution in [0.2, 0.25) is 0 Å². The highest BCUT2D eigenvalue weighted by molar-refractivity contribution is 5.53. The topological polar surface area (TPSA) is 115 Å². The van der Waals surface area contributed by atoms with E-state index in [0.717, 1.165) is 0 Å². The van der Waals surface area contributed by atoms with Crippen LogP contribution in [-0.2, 0) is 0 Å². The predicted molar refractivity (Wildman–Crippen MR) is 53.2 cm³/mol. The first kappa shape index (κ1) is 22.9. The third kappa shape index (κ3) is 450. The lowest BCUT2D eigenvalue weighted by Crippen LogP contribution is -1.81. The lowest BCUT2D eigenvalue weighted by molar-refractivity contribution is 0.135. The Bertz CT molecular complexity index is 90.4. The first-order valence-electron chi connectivity index (χ1n) is 4.13. The van der Waals surface area contributed by atoms with Crippen molar-refractivity contribution in [3.05, 3.63) is 0 Å². The Morgan fingerprint density at radius 2 is 0.714 bits per heavy atom. The summed E-state index contributed by atoms with van der Waals surface area (Å²) in [6.07, 6.45) is -1.17. The second-order valence-corrected chi connectivity index (χ2v) is 1.98. The minimum atomic E-state index is -1.83. The molecule has 0 amide bonds. The lowest BCUT2D eigenvalue weighted by atomic mass is 10.6. The predicted octanol–water partition coefficient (Wildman–Crippen LogP) is 3.28. The Morgan fingerprint density at radius 1 is 0.714 bits per heavy atom. The zero-order chi connectivity index (χ0) is 12.6. The molecule has 0 aliphatic heterocycles. The molecule has 0 bridgehead atoms.